The lowest BCUT2D eigenvalue weighted by atomic mass is 10.1. The molecule has 0 N–H and O–H groups in total. The van der Waals surface area contributed by atoms with E-state index in [0.717, 1.165) is 22.4 Å². The molecule has 4 rings (SSSR count). The molecule has 3 aromatic rings. The van der Waals surface area contributed by atoms with E-state index in [-0.39, 0.29) is 19.0 Å². The molecule has 2 aromatic carbocycles. The predicted molar refractivity (Wildman–Crippen MR) is 117 cm³/mol. The summed E-state index contributed by atoms with van der Waals surface area (Å²) in [6, 6.07) is 10.9. The maximum Gasteiger partial charge on any atom is 0.253 e. The molecule has 1 aliphatic heterocycles. The Labute approximate surface area is 182 Å². The molecule has 31 heavy (non-hydrogen) atoms. The van der Waals surface area contributed by atoms with Crippen molar-refractivity contribution in [1.29, 1.82) is 0 Å². The minimum absolute atomic E-state index is 0.107. The molecule has 9 heteroatoms. The summed E-state index contributed by atoms with van der Waals surface area (Å²) in [6.07, 6.45) is 3.04. The van der Waals surface area contributed by atoms with Gasteiger partial charge in [0.05, 0.1) is 10.6 Å². The van der Waals surface area contributed by atoms with Crippen LogP contribution in [0.1, 0.15) is 27.0 Å². The van der Waals surface area contributed by atoms with Gasteiger partial charge in [-0.1, -0.05) is 17.7 Å². The molecule has 1 aliphatic rings. The Balaban J connectivity index is 1.45. The summed E-state index contributed by atoms with van der Waals surface area (Å²) < 4.78 is 29.6. The highest BCUT2D eigenvalue weighted by atomic mass is 32.2. The normalized spacial score (nSPS) is 15.3. The van der Waals surface area contributed by atoms with Gasteiger partial charge in [-0.05, 0) is 56.2 Å². The topological polar surface area (TPSA) is 88.4 Å². The van der Waals surface area contributed by atoms with Gasteiger partial charge in [0.1, 0.15) is 12.7 Å². The van der Waals surface area contributed by atoms with Crippen LogP contribution in [0, 0.1) is 20.8 Å². The summed E-state index contributed by atoms with van der Waals surface area (Å²) in [5.74, 6) is -0.107. The lowest BCUT2D eigenvalue weighted by Crippen LogP contribution is -2.50. The van der Waals surface area contributed by atoms with Crippen LogP contribution in [0.4, 0.5) is 0 Å². The molecule has 2 heterocycles. The molecule has 162 valence electrons. The Morgan fingerprint density at radius 1 is 0.935 bits per heavy atom. The van der Waals surface area contributed by atoms with Crippen LogP contribution in [0.3, 0.4) is 0 Å². The number of aryl methyl sites for hydroxylation is 3. The van der Waals surface area contributed by atoms with E-state index >= 15 is 0 Å². The highest BCUT2D eigenvalue weighted by Crippen LogP contribution is 2.26. The quantitative estimate of drug-likeness (QED) is 0.623. The summed E-state index contributed by atoms with van der Waals surface area (Å²) in [6.45, 7) is 6.87. The standard InChI is InChI=1S/C22H25N5O3S/c1-16-12-17(2)21(18(3)13-16)31(29,30)26-10-8-25(9-11-26)22(28)19-4-6-20(7-5-19)27-15-23-14-24-27/h4-7,12-15H,8-11H2,1-3H3. The average molecular weight is 440 g/mol. The summed E-state index contributed by atoms with van der Waals surface area (Å²) in [4.78, 5) is 18.9. The number of amides is 1. The van der Waals surface area contributed by atoms with Crippen molar-refractivity contribution in [1.82, 2.24) is 24.0 Å². The second-order valence-corrected chi connectivity index (χ2v) is 9.69. The Hall–Kier alpha value is -3.04. The zero-order chi connectivity index (χ0) is 22.2. The zero-order valence-electron chi connectivity index (χ0n) is 17.8. The second-order valence-electron chi connectivity index (χ2n) is 7.81. The van der Waals surface area contributed by atoms with Crippen LogP contribution < -0.4 is 0 Å². The van der Waals surface area contributed by atoms with E-state index in [1.54, 1.807) is 28.0 Å². The molecule has 1 amide bonds. The van der Waals surface area contributed by atoms with Crippen LogP contribution in [0.5, 0.6) is 0 Å². The van der Waals surface area contributed by atoms with Crippen LogP contribution in [-0.2, 0) is 10.0 Å². The highest BCUT2D eigenvalue weighted by molar-refractivity contribution is 7.89. The van der Waals surface area contributed by atoms with E-state index in [1.165, 1.54) is 10.6 Å². The third-order valence-electron chi connectivity index (χ3n) is 5.53. The minimum atomic E-state index is -3.60. The maximum atomic E-state index is 13.2. The number of rotatable bonds is 4. The number of piperazine rings is 1. The van der Waals surface area contributed by atoms with Gasteiger partial charge in [0.2, 0.25) is 10.0 Å². The van der Waals surface area contributed by atoms with Crippen LogP contribution >= 0.6 is 0 Å². The molecule has 1 saturated heterocycles. The van der Waals surface area contributed by atoms with E-state index in [9.17, 15) is 13.2 Å². The van der Waals surface area contributed by atoms with Crippen molar-refractivity contribution in [3.8, 4) is 5.69 Å². The molecule has 0 unspecified atom stereocenters. The van der Waals surface area contributed by atoms with Crippen molar-refractivity contribution in [3.05, 3.63) is 71.3 Å². The number of aromatic nitrogens is 3. The smallest absolute Gasteiger partial charge is 0.253 e. The monoisotopic (exact) mass is 439 g/mol. The van der Waals surface area contributed by atoms with Crippen molar-refractivity contribution >= 4 is 15.9 Å². The van der Waals surface area contributed by atoms with Gasteiger partial charge in [0, 0.05) is 31.7 Å². The number of carbonyl (C=O) groups is 1. The fraction of sp³-hybridized carbons (Fsp3) is 0.318. The van der Waals surface area contributed by atoms with E-state index in [4.69, 9.17) is 0 Å². The molecule has 0 atom stereocenters. The van der Waals surface area contributed by atoms with Gasteiger partial charge < -0.3 is 4.90 Å². The molecule has 0 radical (unpaired) electrons. The first-order chi connectivity index (χ1) is 14.8. The Morgan fingerprint density at radius 3 is 2.10 bits per heavy atom. The van der Waals surface area contributed by atoms with Gasteiger partial charge in [0.15, 0.2) is 0 Å². The number of benzene rings is 2. The van der Waals surface area contributed by atoms with Crippen LogP contribution in [0.25, 0.3) is 5.69 Å². The summed E-state index contributed by atoms with van der Waals surface area (Å²) >= 11 is 0. The van der Waals surface area contributed by atoms with E-state index < -0.39 is 10.0 Å². The van der Waals surface area contributed by atoms with E-state index in [1.807, 2.05) is 45.0 Å². The second kappa shape index (κ2) is 8.24. The Bertz CT molecular complexity index is 1170. The largest absolute Gasteiger partial charge is 0.336 e. The van der Waals surface area contributed by atoms with Crippen molar-refractivity contribution in [2.24, 2.45) is 0 Å². The predicted octanol–water partition coefficient (Wildman–Crippen LogP) is 2.34. The van der Waals surface area contributed by atoms with Crippen molar-refractivity contribution in [2.45, 2.75) is 25.7 Å². The number of nitrogens with zero attached hydrogens (tertiary/aromatic N) is 5. The van der Waals surface area contributed by atoms with Gasteiger partial charge in [-0.15, -0.1) is 0 Å². The Kier molecular flexibility index (Phi) is 5.63. The molecule has 1 aromatic heterocycles. The zero-order valence-corrected chi connectivity index (χ0v) is 18.6. The summed E-state index contributed by atoms with van der Waals surface area (Å²) in [5, 5.41) is 4.07. The first-order valence-corrected chi connectivity index (χ1v) is 11.5. The van der Waals surface area contributed by atoms with Crippen LogP contribution in [0.15, 0.2) is 53.9 Å². The van der Waals surface area contributed by atoms with Crippen LogP contribution in [-0.4, -0.2) is 64.5 Å². The average Bonchev–Trinajstić information content (AvgIpc) is 3.27. The summed E-state index contributed by atoms with van der Waals surface area (Å²) in [7, 11) is -3.60. The fourth-order valence-electron chi connectivity index (χ4n) is 4.12. The molecular weight excluding hydrogens is 414 g/mol. The van der Waals surface area contributed by atoms with Gasteiger partial charge in [-0.3, -0.25) is 4.79 Å². The van der Waals surface area contributed by atoms with Gasteiger partial charge in [0.25, 0.3) is 5.91 Å². The molecule has 0 saturated carbocycles. The van der Waals surface area contributed by atoms with Gasteiger partial charge in [-0.2, -0.15) is 9.40 Å². The third-order valence-corrected chi connectivity index (χ3v) is 7.73. The summed E-state index contributed by atoms with van der Waals surface area (Å²) in [5.41, 5.74) is 3.92. The number of hydrogen-bond acceptors (Lipinski definition) is 5. The first kappa shape index (κ1) is 21.2. The molecule has 1 fully saturated rings. The minimum Gasteiger partial charge on any atom is -0.336 e. The van der Waals surface area contributed by atoms with Gasteiger partial charge >= 0.3 is 0 Å². The molecule has 8 nitrogen and oxygen atoms in total. The number of sulfonamides is 1. The lowest BCUT2D eigenvalue weighted by molar-refractivity contribution is 0.0698. The Morgan fingerprint density at radius 2 is 1.55 bits per heavy atom. The number of hydrogen-bond donors (Lipinski definition) is 0. The van der Waals surface area contributed by atoms with Gasteiger partial charge in [-0.25, -0.2) is 18.1 Å². The maximum absolute atomic E-state index is 13.2. The molecule has 0 spiro atoms. The molecular formula is C22H25N5O3S. The number of carbonyl (C=O) groups excluding carboxylic acids is 1. The third kappa shape index (κ3) is 4.11. The van der Waals surface area contributed by atoms with Crippen molar-refractivity contribution in [3.63, 3.8) is 0 Å². The van der Waals surface area contributed by atoms with Crippen molar-refractivity contribution in [2.75, 3.05) is 26.2 Å². The lowest BCUT2D eigenvalue weighted by Gasteiger charge is -2.34. The fourth-order valence-corrected chi connectivity index (χ4v) is 5.95. The first-order valence-electron chi connectivity index (χ1n) is 10.1. The molecule has 0 bridgehead atoms. The van der Waals surface area contributed by atoms with Crippen molar-refractivity contribution < 1.29 is 13.2 Å². The van der Waals surface area contributed by atoms with E-state index in [0.29, 0.717) is 23.5 Å². The SMILES string of the molecule is Cc1cc(C)c(S(=O)(=O)N2CCN(C(=O)c3ccc(-n4cncn4)cc3)CC2)c(C)c1. The van der Waals surface area contributed by atoms with E-state index in [2.05, 4.69) is 10.1 Å². The highest BCUT2D eigenvalue weighted by Gasteiger charge is 2.32. The van der Waals surface area contributed by atoms with Crippen LogP contribution in [0.2, 0.25) is 0 Å². The molecule has 0 aliphatic carbocycles.